The Balaban J connectivity index is 1.58. The van der Waals surface area contributed by atoms with Crippen LogP contribution in [0.3, 0.4) is 0 Å². The Kier molecular flexibility index (Phi) is 6.18. The van der Waals surface area contributed by atoms with E-state index in [0.29, 0.717) is 34.7 Å². The molecule has 3 heteroatoms. The van der Waals surface area contributed by atoms with Crippen molar-refractivity contribution in [2.45, 2.75) is 123 Å². The van der Waals surface area contributed by atoms with Crippen molar-refractivity contribution in [2.75, 3.05) is 7.11 Å². The number of hydrogen-bond donors (Lipinski definition) is 2. The van der Waals surface area contributed by atoms with Crippen molar-refractivity contribution < 1.29 is 14.9 Å². The maximum Gasteiger partial charge on any atom is 0.0622 e. The number of aliphatic hydroxyl groups is 2. The second-order valence-corrected chi connectivity index (χ2v) is 13.8. The molecule has 0 bridgehead atoms. The van der Waals surface area contributed by atoms with Crippen LogP contribution in [0.4, 0.5) is 0 Å². The lowest BCUT2D eigenvalue weighted by atomic mass is 9.43. The van der Waals surface area contributed by atoms with Gasteiger partial charge < -0.3 is 14.9 Å². The average molecular weight is 435 g/mol. The van der Waals surface area contributed by atoms with E-state index in [2.05, 4.69) is 27.7 Å². The van der Waals surface area contributed by atoms with E-state index < -0.39 is 11.2 Å². The molecule has 2 N–H and O–H groups in total. The highest BCUT2D eigenvalue weighted by Crippen LogP contribution is 2.69. The summed E-state index contributed by atoms with van der Waals surface area (Å²) in [7, 11) is 1.96. The van der Waals surface area contributed by atoms with Gasteiger partial charge in [-0.05, 0) is 131 Å². The fraction of sp³-hybridized carbons (Fsp3) is 1.00. The van der Waals surface area contributed by atoms with E-state index in [1.807, 2.05) is 21.0 Å². The SMILES string of the molecule is COC1CC2(C)C(C(C)CCC(C)(C)O)CCC2C2CCC3CC(C)(O)CCC3(C)C12. The summed E-state index contributed by atoms with van der Waals surface area (Å²) >= 11 is 0. The summed E-state index contributed by atoms with van der Waals surface area (Å²) in [5.74, 6) is 4.29. The van der Waals surface area contributed by atoms with Crippen molar-refractivity contribution in [3.05, 3.63) is 0 Å². The third kappa shape index (κ3) is 4.14. The van der Waals surface area contributed by atoms with Crippen LogP contribution in [0.15, 0.2) is 0 Å². The third-order valence-electron chi connectivity index (χ3n) is 11.1. The second-order valence-electron chi connectivity index (χ2n) is 13.8. The highest BCUT2D eigenvalue weighted by Gasteiger charge is 2.64. The Morgan fingerprint density at radius 3 is 2.35 bits per heavy atom. The minimum atomic E-state index is -0.560. The second kappa shape index (κ2) is 7.98. The van der Waals surface area contributed by atoms with Crippen LogP contribution in [-0.2, 0) is 4.74 Å². The van der Waals surface area contributed by atoms with Gasteiger partial charge >= 0.3 is 0 Å². The summed E-state index contributed by atoms with van der Waals surface area (Å²) in [6, 6.07) is 0. The minimum absolute atomic E-state index is 0.317. The zero-order valence-corrected chi connectivity index (χ0v) is 21.4. The molecule has 0 aromatic carbocycles. The molecule has 10 unspecified atom stereocenters. The fourth-order valence-corrected chi connectivity index (χ4v) is 9.50. The molecule has 0 saturated heterocycles. The van der Waals surface area contributed by atoms with E-state index in [-0.39, 0.29) is 0 Å². The standard InChI is InChI=1S/C28H50O3/c1-18(12-13-25(2,3)29)21-10-11-22-20-9-8-19-16-26(4,30)14-15-27(19,5)24(20)23(31-7)17-28(21,22)6/h18-24,29-30H,8-17H2,1-7H3. The van der Waals surface area contributed by atoms with Gasteiger partial charge in [-0.3, -0.25) is 0 Å². The first kappa shape index (κ1) is 24.0. The van der Waals surface area contributed by atoms with E-state index in [1.165, 1.54) is 32.1 Å². The molecule has 4 rings (SSSR count). The molecular weight excluding hydrogens is 384 g/mol. The molecule has 0 aliphatic heterocycles. The maximum atomic E-state index is 10.8. The van der Waals surface area contributed by atoms with Crippen molar-refractivity contribution in [1.82, 2.24) is 0 Å². The Bertz CT molecular complexity index is 651. The van der Waals surface area contributed by atoms with Crippen LogP contribution in [0.1, 0.15) is 106 Å². The van der Waals surface area contributed by atoms with Gasteiger partial charge in [-0.15, -0.1) is 0 Å². The van der Waals surface area contributed by atoms with Crippen molar-refractivity contribution >= 4 is 0 Å². The number of fused-ring (bicyclic) bond motifs is 5. The van der Waals surface area contributed by atoms with Crippen LogP contribution in [0.2, 0.25) is 0 Å². The molecule has 0 spiro atoms. The van der Waals surface area contributed by atoms with Gasteiger partial charge in [0.15, 0.2) is 0 Å². The van der Waals surface area contributed by atoms with Gasteiger partial charge in [0.25, 0.3) is 0 Å². The molecular formula is C28H50O3. The fourth-order valence-electron chi connectivity index (χ4n) is 9.50. The molecule has 4 aliphatic rings. The molecule has 4 fully saturated rings. The van der Waals surface area contributed by atoms with E-state index in [0.717, 1.165) is 49.9 Å². The molecule has 0 aromatic rings. The quantitative estimate of drug-likeness (QED) is 0.541. The monoisotopic (exact) mass is 434 g/mol. The smallest absolute Gasteiger partial charge is 0.0622 e. The zero-order chi connectivity index (χ0) is 22.8. The highest BCUT2D eigenvalue weighted by molar-refractivity contribution is 5.13. The van der Waals surface area contributed by atoms with E-state index in [1.54, 1.807) is 0 Å². The van der Waals surface area contributed by atoms with Gasteiger partial charge in [0, 0.05) is 7.11 Å². The Labute approximate surface area is 191 Å². The van der Waals surface area contributed by atoms with Crippen molar-refractivity contribution in [1.29, 1.82) is 0 Å². The van der Waals surface area contributed by atoms with Gasteiger partial charge in [-0.2, -0.15) is 0 Å². The number of hydrogen-bond acceptors (Lipinski definition) is 3. The molecule has 0 heterocycles. The topological polar surface area (TPSA) is 49.7 Å². The first-order valence-corrected chi connectivity index (χ1v) is 13.3. The summed E-state index contributed by atoms with van der Waals surface area (Å²) < 4.78 is 6.34. The lowest BCUT2D eigenvalue weighted by Crippen LogP contribution is -2.60. The zero-order valence-electron chi connectivity index (χ0n) is 21.4. The van der Waals surface area contributed by atoms with Gasteiger partial charge in [0.2, 0.25) is 0 Å². The Hall–Kier alpha value is -0.120. The molecule has 180 valence electrons. The number of methoxy groups -OCH3 is 1. The molecule has 0 radical (unpaired) electrons. The number of rotatable bonds is 5. The van der Waals surface area contributed by atoms with Crippen LogP contribution in [0.5, 0.6) is 0 Å². The molecule has 0 amide bonds. The van der Waals surface area contributed by atoms with Gasteiger partial charge in [-0.25, -0.2) is 0 Å². The minimum Gasteiger partial charge on any atom is -0.390 e. The maximum absolute atomic E-state index is 10.8. The van der Waals surface area contributed by atoms with Crippen molar-refractivity contribution in [2.24, 2.45) is 46.3 Å². The summed E-state index contributed by atoms with van der Waals surface area (Å²) in [5.41, 5.74) is -0.353. The molecule has 10 atom stereocenters. The van der Waals surface area contributed by atoms with E-state index in [9.17, 15) is 10.2 Å². The molecule has 31 heavy (non-hydrogen) atoms. The van der Waals surface area contributed by atoms with Crippen LogP contribution in [0.25, 0.3) is 0 Å². The lowest BCUT2D eigenvalue weighted by Gasteiger charge is -2.64. The van der Waals surface area contributed by atoms with Gasteiger partial charge in [-0.1, -0.05) is 20.8 Å². The lowest BCUT2D eigenvalue weighted by molar-refractivity contribution is -0.197. The van der Waals surface area contributed by atoms with Crippen LogP contribution in [0, 0.1) is 46.3 Å². The predicted molar refractivity (Wildman–Crippen MR) is 127 cm³/mol. The molecule has 4 saturated carbocycles. The van der Waals surface area contributed by atoms with Crippen LogP contribution in [-0.4, -0.2) is 34.6 Å². The Morgan fingerprint density at radius 2 is 1.71 bits per heavy atom. The van der Waals surface area contributed by atoms with Crippen LogP contribution < -0.4 is 0 Å². The average Bonchev–Trinajstić information content (AvgIpc) is 3.02. The Morgan fingerprint density at radius 1 is 1.00 bits per heavy atom. The van der Waals surface area contributed by atoms with Gasteiger partial charge in [0.05, 0.1) is 17.3 Å². The summed E-state index contributed by atoms with van der Waals surface area (Å²) in [5, 5.41) is 21.1. The summed E-state index contributed by atoms with van der Waals surface area (Å²) in [6.07, 6.45) is 12.0. The summed E-state index contributed by atoms with van der Waals surface area (Å²) in [6.45, 7) is 13.5. The van der Waals surface area contributed by atoms with E-state index >= 15 is 0 Å². The van der Waals surface area contributed by atoms with Crippen molar-refractivity contribution in [3.63, 3.8) is 0 Å². The highest BCUT2D eigenvalue weighted by atomic mass is 16.5. The van der Waals surface area contributed by atoms with E-state index in [4.69, 9.17) is 4.74 Å². The third-order valence-corrected chi connectivity index (χ3v) is 11.1. The van der Waals surface area contributed by atoms with Crippen molar-refractivity contribution in [3.8, 4) is 0 Å². The normalized spacial score (nSPS) is 51.0. The molecule has 0 aromatic heterocycles. The van der Waals surface area contributed by atoms with Crippen LogP contribution >= 0.6 is 0 Å². The first-order chi connectivity index (χ1) is 14.3. The first-order valence-electron chi connectivity index (χ1n) is 13.3. The van der Waals surface area contributed by atoms with Gasteiger partial charge in [0.1, 0.15) is 0 Å². The molecule has 3 nitrogen and oxygen atoms in total. The predicted octanol–water partition coefficient (Wildman–Crippen LogP) is 6.21. The molecule has 4 aliphatic carbocycles. The largest absolute Gasteiger partial charge is 0.390 e. The number of ether oxygens (including phenoxy) is 1. The summed E-state index contributed by atoms with van der Waals surface area (Å²) in [4.78, 5) is 0.